The zero-order valence-corrected chi connectivity index (χ0v) is 39.7. The number of hydrogen-bond acceptors (Lipinski definition) is 6. The summed E-state index contributed by atoms with van der Waals surface area (Å²) in [6.45, 7) is 5.60. The van der Waals surface area contributed by atoms with Gasteiger partial charge in [0.25, 0.3) is 0 Å². The molecule has 8 nitrogen and oxygen atoms in total. The highest BCUT2D eigenvalue weighted by Crippen LogP contribution is 2.43. The van der Waals surface area contributed by atoms with E-state index in [0.29, 0.717) is 24.1 Å². The molecule has 0 saturated heterocycles. The van der Waals surface area contributed by atoms with Crippen LogP contribution in [-0.4, -0.2) is 75.6 Å². The summed E-state index contributed by atoms with van der Waals surface area (Å²) in [7, 11) is 1.66. The average Bonchev–Trinajstić information content (AvgIpc) is 3.18. The van der Waals surface area contributed by atoms with Gasteiger partial charge in [-0.25, -0.2) is 4.57 Å². The van der Waals surface area contributed by atoms with Gasteiger partial charge in [-0.2, -0.15) is 0 Å². The second-order valence-corrected chi connectivity index (χ2v) is 18.9. The van der Waals surface area contributed by atoms with Crippen molar-refractivity contribution in [3.8, 4) is 0 Å². The molecule has 1 N–H and O–H groups in total. The van der Waals surface area contributed by atoms with Crippen molar-refractivity contribution >= 4 is 13.8 Å². The van der Waals surface area contributed by atoms with E-state index in [1.807, 2.05) is 21.1 Å². The number of rotatable bonds is 45. The second kappa shape index (κ2) is 42.4. The highest BCUT2D eigenvalue weighted by Gasteiger charge is 2.26. The van der Waals surface area contributed by atoms with Gasteiger partial charge in [-0.05, 0) is 70.6 Å². The summed E-state index contributed by atoms with van der Waals surface area (Å²) in [6, 6.07) is 0. The van der Waals surface area contributed by atoms with Crippen LogP contribution < -0.4 is 0 Å². The highest BCUT2D eigenvalue weighted by molar-refractivity contribution is 7.47. The first-order valence-electron chi connectivity index (χ1n) is 24.2. The molecule has 0 saturated carbocycles. The molecule has 2 atom stereocenters. The Labute approximate surface area is 359 Å². The lowest BCUT2D eigenvalue weighted by Gasteiger charge is -2.24. The van der Waals surface area contributed by atoms with Crippen molar-refractivity contribution in [3.05, 3.63) is 36.5 Å². The molecule has 9 heteroatoms. The molecule has 0 radical (unpaired) electrons. The first-order valence-corrected chi connectivity index (χ1v) is 25.7. The van der Waals surface area contributed by atoms with Gasteiger partial charge in [-0.3, -0.25) is 13.8 Å². The van der Waals surface area contributed by atoms with Crippen LogP contribution in [0.25, 0.3) is 0 Å². The standard InChI is InChI=1S/C49H94NO7P/c1-6-8-10-12-14-16-18-20-22-24-26-28-30-32-34-36-38-40-42-49(51)57-48(47-56-58(52,53)55-45-43-50(3,4)5)46-54-44-41-39-37-35-33-31-29-27-25-23-21-19-17-15-13-11-9-7-2/h15,17,21-24,48H,6-14,16,18-20,25-47H2,1-5H3/p+1/b17-15-,23-21-,24-22-. The number of quaternary nitrogens is 1. The van der Waals surface area contributed by atoms with Gasteiger partial charge >= 0.3 is 13.8 Å². The van der Waals surface area contributed by atoms with Gasteiger partial charge < -0.3 is 18.9 Å². The van der Waals surface area contributed by atoms with Gasteiger partial charge in [0.2, 0.25) is 0 Å². The summed E-state index contributed by atoms with van der Waals surface area (Å²) in [5, 5.41) is 0. The minimum atomic E-state index is -4.28. The van der Waals surface area contributed by atoms with Gasteiger partial charge in [-0.15, -0.1) is 0 Å². The monoisotopic (exact) mass is 841 g/mol. The maximum atomic E-state index is 12.7. The molecule has 2 unspecified atom stereocenters. The summed E-state index contributed by atoms with van der Waals surface area (Å²) < 4.78 is 35.1. The van der Waals surface area contributed by atoms with Crippen LogP contribution in [-0.2, 0) is 27.9 Å². The van der Waals surface area contributed by atoms with Crippen LogP contribution in [0.3, 0.4) is 0 Å². The molecule has 0 rings (SSSR count). The van der Waals surface area contributed by atoms with Crippen LogP contribution in [0.1, 0.15) is 213 Å². The Morgan fingerprint density at radius 3 is 1.45 bits per heavy atom. The SMILES string of the molecule is CCCCC/C=C\C/C=C\CCCCCCCCCCOCC(COP(=O)(O)OCC[N+](C)(C)C)OC(=O)CCCCCCCCC/C=C\CCCCCCCCC. The lowest BCUT2D eigenvalue weighted by atomic mass is 10.1. The van der Waals surface area contributed by atoms with E-state index >= 15 is 0 Å². The van der Waals surface area contributed by atoms with Crippen LogP contribution in [0.5, 0.6) is 0 Å². The number of unbranched alkanes of at least 4 members (excludes halogenated alkanes) is 25. The molecule has 342 valence electrons. The lowest BCUT2D eigenvalue weighted by molar-refractivity contribution is -0.870. The number of esters is 1. The lowest BCUT2D eigenvalue weighted by Crippen LogP contribution is -2.37. The molecule has 0 bridgehead atoms. The number of phosphoric ester groups is 1. The molecular weight excluding hydrogens is 746 g/mol. The molecule has 58 heavy (non-hydrogen) atoms. The van der Waals surface area contributed by atoms with E-state index in [0.717, 1.165) is 38.5 Å². The van der Waals surface area contributed by atoms with Crippen molar-refractivity contribution < 1.29 is 37.3 Å². The van der Waals surface area contributed by atoms with Crippen molar-refractivity contribution in [3.63, 3.8) is 0 Å². The fourth-order valence-corrected chi connectivity index (χ4v) is 7.38. The Kier molecular flexibility index (Phi) is 41.5. The number of carbonyl (C=O) groups is 1. The Balaban J connectivity index is 4.19. The maximum Gasteiger partial charge on any atom is 0.472 e. The zero-order chi connectivity index (χ0) is 42.7. The molecule has 0 aliphatic rings. The van der Waals surface area contributed by atoms with E-state index in [-0.39, 0.29) is 25.8 Å². The van der Waals surface area contributed by atoms with Gasteiger partial charge in [-0.1, -0.05) is 172 Å². The predicted molar refractivity (Wildman–Crippen MR) is 247 cm³/mol. The minimum absolute atomic E-state index is 0.0867. The van der Waals surface area contributed by atoms with E-state index in [9.17, 15) is 14.3 Å². The summed E-state index contributed by atoms with van der Waals surface area (Å²) in [6.07, 6.45) is 50.3. The number of carbonyl (C=O) groups excluding carboxylic acids is 1. The van der Waals surface area contributed by atoms with Crippen molar-refractivity contribution in [2.45, 2.75) is 219 Å². The first-order chi connectivity index (χ1) is 28.1. The number of nitrogens with zero attached hydrogens (tertiary/aromatic N) is 1. The van der Waals surface area contributed by atoms with E-state index in [1.54, 1.807) is 0 Å². The maximum absolute atomic E-state index is 12.7. The smallest absolute Gasteiger partial charge is 0.457 e. The summed E-state index contributed by atoms with van der Waals surface area (Å²) in [4.78, 5) is 23.0. The van der Waals surface area contributed by atoms with Gasteiger partial charge in [0.15, 0.2) is 0 Å². The number of ether oxygens (including phenoxy) is 2. The molecular formula is C49H95NO7P+. The normalized spacial score (nSPS) is 14.0. The van der Waals surface area contributed by atoms with E-state index in [4.69, 9.17) is 18.5 Å². The molecule has 0 aromatic heterocycles. The predicted octanol–water partition coefficient (Wildman–Crippen LogP) is 14.6. The molecule has 0 spiro atoms. The van der Waals surface area contributed by atoms with Crippen LogP contribution in [0, 0.1) is 0 Å². The minimum Gasteiger partial charge on any atom is -0.457 e. The van der Waals surface area contributed by atoms with Crippen LogP contribution in [0.15, 0.2) is 36.5 Å². The number of allylic oxidation sites excluding steroid dienone is 6. The van der Waals surface area contributed by atoms with E-state index in [2.05, 4.69) is 50.3 Å². The average molecular weight is 841 g/mol. The Bertz CT molecular complexity index is 1020. The Morgan fingerprint density at radius 1 is 0.534 bits per heavy atom. The van der Waals surface area contributed by atoms with Crippen molar-refractivity contribution in [2.75, 3.05) is 54.1 Å². The molecule has 0 fully saturated rings. The third kappa shape index (κ3) is 45.8. The quantitative estimate of drug-likeness (QED) is 0.0215. The number of hydrogen-bond donors (Lipinski definition) is 1. The summed E-state index contributed by atoms with van der Waals surface area (Å²) in [5.41, 5.74) is 0. The first kappa shape index (κ1) is 56.7. The third-order valence-electron chi connectivity index (χ3n) is 10.4. The van der Waals surface area contributed by atoms with Crippen molar-refractivity contribution in [1.82, 2.24) is 0 Å². The van der Waals surface area contributed by atoms with Gasteiger partial charge in [0.1, 0.15) is 19.3 Å². The molecule has 0 aromatic rings. The van der Waals surface area contributed by atoms with E-state index < -0.39 is 13.9 Å². The van der Waals surface area contributed by atoms with Gasteiger partial charge in [0.05, 0.1) is 34.4 Å². The summed E-state index contributed by atoms with van der Waals surface area (Å²) in [5.74, 6) is -0.319. The topological polar surface area (TPSA) is 91.3 Å². The van der Waals surface area contributed by atoms with Crippen molar-refractivity contribution in [1.29, 1.82) is 0 Å². The van der Waals surface area contributed by atoms with Crippen LogP contribution >= 0.6 is 7.82 Å². The van der Waals surface area contributed by atoms with Crippen LogP contribution in [0.2, 0.25) is 0 Å². The third-order valence-corrected chi connectivity index (χ3v) is 11.4. The second-order valence-electron chi connectivity index (χ2n) is 17.5. The van der Waals surface area contributed by atoms with Gasteiger partial charge in [0, 0.05) is 13.0 Å². The largest absolute Gasteiger partial charge is 0.472 e. The fourth-order valence-electron chi connectivity index (χ4n) is 6.64. The Morgan fingerprint density at radius 2 is 0.948 bits per heavy atom. The highest BCUT2D eigenvalue weighted by atomic mass is 31.2. The van der Waals surface area contributed by atoms with E-state index in [1.165, 1.54) is 154 Å². The molecule has 0 amide bonds. The molecule has 0 aliphatic carbocycles. The zero-order valence-electron chi connectivity index (χ0n) is 38.8. The molecule has 0 aromatic carbocycles. The molecule has 0 aliphatic heterocycles. The number of likely N-dealkylation sites (N-methyl/N-ethyl adjacent to an activating group) is 1. The summed E-state index contributed by atoms with van der Waals surface area (Å²) >= 11 is 0. The molecule has 0 heterocycles. The number of phosphoric acid groups is 1. The fraction of sp³-hybridized carbons (Fsp3) is 0.857. The van der Waals surface area contributed by atoms with Crippen molar-refractivity contribution in [2.24, 2.45) is 0 Å². The van der Waals surface area contributed by atoms with Crippen LogP contribution in [0.4, 0.5) is 0 Å². The Hall–Kier alpha value is -1.28.